The Morgan fingerprint density at radius 2 is 0.461 bits per heavy atom. The molecule has 0 spiro atoms. The zero-order chi connectivity index (χ0) is 50.7. The Hall–Kier alpha value is -9.32. The zero-order valence-electron chi connectivity index (χ0n) is 41.6. The van der Waals surface area contributed by atoms with Crippen molar-refractivity contribution in [3.8, 4) is 67.1 Å². The second kappa shape index (κ2) is 18.9. The minimum atomic E-state index is -0.140. The lowest BCUT2D eigenvalue weighted by Crippen LogP contribution is -2.05. The molecule has 0 aliphatic rings. The highest BCUT2D eigenvalue weighted by atomic mass is 16.5. The fourth-order valence-corrected chi connectivity index (χ4v) is 11.8. The smallest absolute Gasteiger partial charge is 0.135 e. The Labute approximate surface area is 439 Å². The van der Waals surface area contributed by atoms with Gasteiger partial charge in [-0.1, -0.05) is 194 Å². The molecule has 2 N–H and O–H groups in total. The molecule has 0 amide bonds. The third kappa shape index (κ3) is 7.86. The first kappa shape index (κ1) is 45.3. The van der Waals surface area contributed by atoms with E-state index in [4.69, 9.17) is 9.47 Å². The fraction of sp³-hybridized carbons (Fsp3) is 0.0556. The molecule has 0 radical (unpaired) electrons. The average Bonchev–Trinajstić information content (AvgIpc) is 3.49. The third-order valence-corrected chi connectivity index (χ3v) is 15.4. The SMILES string of the molecule is OCCOc1c(-c2ccc3c(ccc4ccccc43)c2)cc(-c2cc(-c3ccc4c(ccc5ccccc54)c3)c(OCCO)c(-c3ccc4c(ccc5ccccc54)c3)c2)cc1-c1ccc2c(ccc3ccccc32)c1. The molecule has 0 saturated carbocycles. The van der Waals surface area contributed by atoms with E-state index in [9.17, 15) is 10.2 Å². The van der Waals surface area contributed by atoms with E-state index in [2.05, 4.69) is 243 Å². The summed E-state index contributed by atoms with van der Waals surface area (Å²) in [5.74, 6) is 1.40. The van der Waals surface area contributed by atoms with Crippen molar-refractivity contribution >= 4 is 86.2 Å². The minimum absolute atomic E-state index is 0.121. The van der Waals surface area contributed by atoms with Crippen molar-refractivity contribution in [2.24, 2.45) is 0 Å². The van der Waals surface area contributed by atoms with Gasteiger partial charge in [-0.15, -0.1) is 0 Å². The summed E-state index contributed by atoms with van der Waals surface area (Å²) in [6.45, 7) is -0.0384. The number of hydrogen-bond acceptors (Lipinski definition) is 4. The predicted octanol–water partition coefficient (Wildman–Crippen LogP) is 18.0. The molecule has 76 heavy (non-hydrogen) atoms. The Kier molecular flexibility index (Phi) is 11.2. The van der Waals surface area contributed by atoms with Gasteiger partial charge in [-0.05, 0) is 168 Å². The van der Waals surface area contributed by atoms with Gasteiger partial charge >= 0.3 is 0 Å². The van der Waals surface area contributed by atoms with E-state index >= 15 is 0 Å². The maximum atomic E-state index is 10.4. The summed E-state index contributed by atoms with van der Waals surface area (Å²) in [4.78, 5) is 0. The van der Waals surface area contributed by atoms with Gasteiger partial charge < -0.3 is 19.7 Å². The van der Waals surface area contributed by atoms with Gasteiger partial charge in [-0.3, -0.25) is 0 Å². The number of hydrogen-bond donors (Lipinski definition) is 2. The van der Waals surface area contributed by atoms with Crippen LogP contribution in [0.25, 0.3) is 142 Å². The van der Waals surface area contributed by atoms with Crippen LogP contribution in [0.15, 0.2) is 243 Å². The highest BCUT2D eigenvalue weighted by molar-refractivity contribution is 6.13. The second-order valence-corrected chi connectivity index (χ2v) is 19.8. The Balaban J connectivity index is 1.05. The Morgan fingerprint density at radius 3 is 0.724 bits per heavy atom. The lowest BCUT2D eigenvalue weighted by molar-refractivity contribution is 0.202. The summed E-state index contributed by atoms with van der Waals surface area (Å²) < 4.78 is 13.6. The molecular weight excluding hydrogens is 929 g/mol. The van der Waals surface area contributed by atoms with Crippen molar-refractivity contribution in [2.75, 3.05) is 26.4 Å². The standard InChI is InChI=1S/C72H50O4/c73-33-35-75-71-67(53-25-29-63-49(37-53)21-17-45-9-1-5-13-59(45)63)41-57(42-68(71)54-26-30-64-50(38-54)22-18-46-10-2-6-14-60(46)64)58-43-69(55-27-31-65-51(39-55)23-19-47-11-3-7-15-61(47)65)72(76-36-34-74)70(44-58)56-28-32-66-52(40-56)24-20-48-12-4-8-16-62(48)66/h1-32,37-44,73-74H,33-36H2. The van der Waals surface area contributed by atoms with Crippen molar-refractivity contribution in [2.45, 2.75) is 0 Å². The average molecular weight is 979 g/mol. The zero-order valence-corrected chi connectivity index (χ0v) is 41.6. The van der Waals surface area contributed by atoms with Gasteiger partial charge in [0.1, 0.15) is 24.7 Å². The van der Waals surface area contributed by atoms with Crippen LogP contribution in [0, 0.1) is 0 Å². The number of ether oxygens (including phenoxy) is 2. The van der Waals surface area contributed by atoms with E-state index in [1.54, 1.807) is 0 Å². The predicted molar refractivity (Wildman–Crippen MR) is 319 cm³/mol. The van der Waals surface area contributed by atoms with Gasteiger partial charge in [0.05, 0.1) is 13.2 Å². The monoisotopic (exact) mass is 978 g/mol. The highest BCUT2D eigenvalue weighted by Crippen LogP contribution is 2.49. The van der Waals surface area contributed by atoms with Crippen LogP contribution in [0.3, 0.4) is 0 Å². The number of benzene rings is 14. The highest BCUT2D eigenvalue weighted by Gasteiger charge is 2.23. The molecule has 4 nitrogen and oxygen atoms in total. The van der Waals surface area contributed by atoms with Crippen LogP contribution < -0.4 is 9.47 Å². The first-order valence-electron chi connectivity index (χ1n) is 26.1. The van der Waals surface area contributed by atoms with Crippen LogP contribution in [0.5, 0.6) is 11.5 Å². The Bertz CT molecular complexity index is 4050. The van der Waals surface area contributed by atoms with E-state index in [1.165, 1.54) is 64.6 Å². The molecule has 0 aliphatic heterocycles. The molecular formula is C72H50O4. The second-order valence-electron chi connectivity index (χ2n) is 19.8. The van der Waals surface area contributed by atoms with Crippen molar-refractivity contribution in [1.82, 2.24) is 0 Å². The van der Waals surface area contributed by atoms with E-state index in [-0.39, 0.29) is 26.4 Å². The van der Waals surface area contributed by atoms with Crippen LogP contribution in [-0.2, 0) is 0 Å². The van der Waals surface area contributed by atoms with Crippen molar-refractivity contribution < 1.29 is 19.7 Å². The summed E-state index contributed by atoms with van der Waals surface area (Å²) in [5, 5.41) is 39.6. The summed E-state index contributed by atoms with van der Waals surface area (Å²) in [7, 11) is 0. The third-order valence-electron chi connectivity index (χ3n) is 15.4. The molecule has 0 heterocycles. The molecule has 0 atom stereocenters. The van der Waals surface area contributed by atoms with Crippen LogP contribution in [-0.4, -0.2) is 36.6 Å². The van der Waals surface area contributed by atoms with Gasteiger partial charge in [0.2, 0.25) is 0 Å². The summed E-state index contributed by atoms with van der Waals surface area (Å²) in [5.41, 5.74) is 9.59. The van der Waals surface area contributed by atoms with Crippen molar-refractivity contribution in [3.05, 3.63) is 243 Å². The van der Waals surface area contributed by atoms with E-state index in [0.717, 1.165) is 77.2 Å². The van der Waals surface area contributed by atoms with Crippen LogP contribution in [0.4, 0.5) is 0 Å². The lowest BCUT2D eigenvalue weighted by atomic mass is 9.87. The van der Waals surface area contributed by atoms with Crippen LogP contribution in [0.2, 0.25) is 0 Å². The van der Waals surface area contributed by atoms with Gasteiger partial charge in [0.25, 0.3) is 0 Å². The van der Waals surface area contributed by atoms with Gasteiger partial charge in [0.15, 0.2) is 0 Å². The maximum absolute atomic E-state index is 10.4. The molecule has 362 valence electrons. The molecule has 14 aromatic carbocycles. The molecule has 4 heteroatoms. The summed E-state index contributed by atoms with van der Waals surface area (Å²) in [6, 6.07) is 87.5. The number of rotatable bonds is 11. The van der Waals surface area contributed by atoms with Gasteiger partial charge in [-0.2, -0.15) is 0 Å². The molecule has 0 bridgehead atoms. The number of fused-ring (bicyclic) bond motifs is 12. The summed E-state index contributed by atoms with van der Waals surface area (Å²) in [6.07, 6.45) is 0. The first-order chi connectivity index (χ1) is 37.6. The van der Waals surface area contributed by atoms with Gasteiger partial charge in [0, 0.05) is 22.3 Å². The minimum Gasteiger partial charge on any atom is -0.490 e. The summed E-state index contributed by atoms with van der Waals surface area (Å²) >= 11 is 0. The lowest BCUT2D eigenvalue weighted by Gasteiger charge is -2.22. The number of aliphatic hydroxyl groups excluding tert-OH is 2. The fourth-order valence-electron chi connectivity index (χ4n) is 11.8. The molecule has 0 aromatic heterocycles. The molecule has 14 aromatic rings. The van der Waals surface area contributed by atoms with E-state index in [0.29, 0.717) is 11.5 Å². The first-order valence-corrected chi connectivity index (χ1v) is 26.1. The quantitative estimate of drug-likeness (QED) is 0.127. The maximum Gasteiger partial charge on any atom is 0.135 e. The van der Waals surface area contributed by atoms with E-state index in [1.807, 2.05) is 0 Å². The van der Waals surface area contributed by atoms with Crippen LogP contribution in [0.1, 0.15) is 0 Å². The molecule has 0 aliphatic carbocycles. The van der Waals surface area contributed by atoms with Crippen molar-refractivity contribution in [3.63, 3.8) is 0 Å². The topological polar surface area (TPSA) is 58.9 Å². The molecule has 0 fully saturated rings. The molecule has 14 rings (SSSR count). The molecule has 0 saturated heterocycles. The van der Waals surface area contributed by atoms with Crippen molar-refractivity contribution in [1.29, 1.82) is 0 Å². The molecule has 0 unspecified atom stereocenters. The van der Waals surface area contributed by atoms with Gasteiger partial charge in [-0.25, -0.2) is 0 Å². The Morgan fingerprint density at radius 1 is 0.224 bits per heavy atom. The number of aliphatic hydroxyl groups is 2. The largest absolute Gasteiger partial charge is 0.490 e. The van der Waals surface area contributed by atoms with Crippen LogP contribution >= 0.6 is 0 Å². The van der Waals surface area contributed by atoms with E-state index < -0.39 is 0 Å². The normalized spacial score (nSPS) is 11.8.